The number of rotatable bonds is 4. The van der Waals surface area contributed by atoms with E-state index < -0.39 is 9.84 Å². The van der Waals surface area contributed by atoms with Gasteiger partial charge in [0.25, 0.3) is 5.91 Å². The van der Waals surface area contributed by atoms with Crippen LogP contribution in [-0.2, 0) is 9.84 Å². The molecule has 1 amide bonds. The zero-order valence-corrected chi connectivity index (χ0v) is 14.9. The van der Waals surface area contributed by atoms with Crippen LogP contribution in [0.15, 0.2) is 45.9 Å². The van der Waals surface area contributed by atoms with Gasteiger partial charge in [0.2, 0.25) is 14.9 Å². The summed E-state index contributed by atoms with van der Waals surface area (Å²) in [5.74, 6) is 0.375. The van der Waals surface area contributed by atoms with Crippen LogP contribution >= 0.6 is 0 Å². The lowest BCUT2D eigenvalue weighted by atomic mass is 10.0. The molecule has 8 heteroatoms. The summed E-state index contributed by atoms with van der Waals surface area (Å²) in [4.78, 5) is 14.6. The zero-order chi connectivity index (χ0) is 18.0. The second-order valence-corrected chi connectivity index (χ2v) is 7.80. The molecule has 1 saturated heterocycles. The summed E-state index contributed by atoms with van der Waals surface area (Å²) in [6.45, 7) is 1.71. The maximum atomic E-state index is 12.9. The summed E-state index contributed by atoms with van der Waals surface area (Å²) in [5, 5.41) is 3.07. The highest BCUT2D eigenvalue weighted by atomic mass is 32.2. The molecule has 0 saturated carbocycles. The van der Waals surface area contributed by atoms with E-state index in [-0.39, 0.29) is 22.8 Å². The molecule has 0 aliphatic carbocycles. The highest BCUT2D eigenvalue weighted by Gasteiger charge is 2.32. The van der Waals surface area contributed by atoms with Gasteiger partial charge in [0.15, 0.2) is 5.76 Å². The number of hydrogen-bond donors (Lipinski definition) is 1. The van der Waals surface area contributed by atoms with Gasteiger partial charge in [-0.15, -0.1) is 0 Å². The molecule has 0 bridgehead atoms. The highest BCUT2D eigenvalue weighted by Crippen LogP contribution is 2.31. The van der Waals surface area contributed by atoms with E-state index in [1.807, 2.05) is 24.3 Å². The largest absolute Gasteiger partial charge is 0.496 e. The Morgan fingerprint density at radius 3 is 2.72 bits per heavy atom. The van der Waals surface area contributed by atoms with E-state index in [0.29, 0.717) is 25.4 Å². The van der Waals surface area contributed by atoms with Crippen LogP contribution in [0, 0.1) is 0 Å². The van der Waals surface area contributed by atoms with Gasteiger partial charge in [0, 0.05) is 31.5 Å². The third-order valence-electron chi connectivity index (χ3n) is 4.16. The molecule has 1 aliphatic heterocycles. The summed E-state index contributed by atoms with van der Waals surface area (Å²) in [5.41, 5.74) is 0.889. The van der Waals surface area contributed by atoms with Crippen molar-refractivity contribution in [1.29, 1.82) is 0 Å². The number of nitrogens with one attached hydrogen (secondary N) is 1. The van der Waals surface area contributed by atoms with Crippen LogP contribution < -0.4 is 10.1 Å². The van der Waals surface area contributed by atoms with Crippen molar-refractivity contribution in [2.45, 2.75) is 11.1 Å². The molecule has 3 rings (SSSR count). The van der Waals surface area contributed by atoms with Gasteiger partial charge in [-0.25, -0.2) is 8.42 Å². The number of carbonyl (C=O) groups excluding carboxylic acids is 1. The fourth-order valence-corrected chi connectivity index (χ4v) is 3.50. The molecule has 1 aromatic heterocycles. The molecular formula is C17H20N2O5S. The van der Waals surface area contributed by atoms with Crippen molar-refractivity contribution in [2.75, 3.05) is 33.0 Å². The van der Waals surface area contributed by atoms with E-state index in [0.717, 1.165) is 11.8 Å². The zero-order valence-electron chi connectivity index (χ0n) is 14.1. The van der Waals surface area contributed by atoms with E-state index in [9.17, 15) is 13.2 Å². The quantitative estimate of drug-likeness (QED) is 0.884. The molecule has 1 aliphatic rings. The minimum Gasteiger partial charge on any atom is -0.496 e. The summed E-state index contributed by atoms with van der Waals surface area (Å²) in [6.07, 6.45) is 1.04. The summed E-state index contributed by atoms with van der Waals surface area (Å²) in [6, 6.07) is 10.0. The average Bonchev–Trinajstić information content (AvgIpc) is 3.11. The molecule has 1 aromatic carbocycles. The Bertz CT molecular complexity index is 875. The van der Waals surface area contributed by atoms with E-state index in [1.165, 1.54) is 12.1 Å². The molecule has 134 valence electrons. The minimum absolute atomic E-state index is 0.0159. The number of piperazine rings is 1. The monoisotopic (exact) mass is 364 g/mol. The molecule has 1 unspecified atom stereocenters. The Kier molecular flexibility index (Phi) is 4.82. The van der Waals surface area contributed by atoms with Gasteiger partial charge in [0.1, 0.15) is 5.75 Å². The molecule has 0 radical (unpaired) electrons. The third kappa shape index (κ3) is 3.54. The Labute approximate surface area is 146 Å². The van der Waals surface area contributed by atoms with Crippen LogP contribution in [0.5, 0.6) is 5.75 Å². The van der Waals surface area contributed by atoms with E-state index in [4.69, 9.17) is 9.15 Å². The predicted octanol–water partition coefficient (Wildman–Crippen LogP) is 1.48. The van der Waals surface area contributed by atoms with Crippen molar-refractivity contribution in [2.24, 2.45) is 0 Å². The molecule has 1 fully saturated rings. The number of benzene rings is 1. The topological polar surface area (TPSA) is 88.9 Å². The molecular weight excluding hydrogens is 344 g/mol. The van der Waals surface area contributed by atoms with Gasteiger partial charge in [0.05, 0.1) is 13.2 Å². The number of methoxy groups -OCH3 is 1. The van der Waals surface area contributed by atoms with Crippen LogP contribution in [0.2, 0.25) is 0 Å². The lowest BCUT2D eigenvalue weighted by molar-refractivity contribution is 0.0593. The number of ether oxygens (including phenoxy) is 1. The van der Waals surface area contributed by atoms with Crippen molar-refractivity contribution in [3.63, 3.8) is 0 Å². The number of amides is 1. The molecule has 7 nitrogen and oxygen atoms in total. The fraction of sp³-hybridized carbons (Fsp3) is 0.353. The van der Waals surface area contributed by atoms with Gasteiger partial charge >= 0.3 is 0 Å². The number of carbonyl (C=O) groups is 1. The average molecular weight is 364 g/mol. The van der Waals surface area contributed by atoms with Crippen LogP contribution in [-0.4, -0.2) is 52.2 Å². The maximum absolute atomic E-state index is 12.9. The number of hydrogen-bond acceptors (Lipinski definition) is 6. The normalized spacial score (nSPS) is 18.2. The SMILES string of the molecule is COc1ccccc1C1CNCCN1C(=O)c1ccc(S(C)(=O)=O)o1. The molecule has 2 aromatic rings. The van der Waals surface area contributed by atoms with Crippen molar-refractivity contribution < 1.29 is 22.4 Å². The molecule has 1 N–H and O–H groups in total. The van der Waals surface area contributed by atoms with Gasteiger partial charge in [-0.3, -0.25) is 4.79 Å². The number of para-hydroxylation sites is 1. The first kappa shape index (κ1) is 17.5. The second kappa shape index (κ2) is 6.89. The first-order chi connectivity index (χ1) is 11.9. The van der Waals surface area contributed by atoms with Crippen LogP contribution in [0.3, 0.4) is 0 Å². The summed E-state index contributed by atoms with van der Waals surface area (Å²) < 4.78 is 33.8. The summed E-state index contributed by atoms with van der Waals surface area (Å²) >= 11 is 0. The van der Waals surface area contributed by atoms with E-state index >= 15 is 0 Å². The predicted molar refractivity (Wildman–Crippen MR) is 91.5 cm³/mol. The van der Waals surface area contributed by atoms with Crippen LogP contribution in [0.25, 0.3) is 0 Å². The summed E-state index contributed by atoms with van der Waals surface area (Å²) in [7, 11) is -1.90. The smallest absolute Gasteiger partial charge is 0.290 e. The van der Waals surface area contributed by atoms with Crippen LogP contribution in [0.1, 0.15) is 22.2 Å². The van der Waals surface area contributed by atoms with Crippen molar-refractivity contribution in [1.82, 2.24) is 10.2 Å². The Balaban J connectivity index is 1.93. The van der Waals surface area contributed by atoms with Crippen molar-refractivity contribution in [3.05, 3.63) is 47.7 Å². The lowest BCUT2D eigenvalue weighted by Crippen LogP contribution is -2.48. The Hall–Kier alpha value is -2.32. The lowest BCUT2D eigenvalue weighted by Gasteiger charge is -2.36. The Morgan fingerprint density at radius 2 is 2.04 bits per heavy atom. The number of nitrogens with zero attached hydrogens (tertiary/aromatic N) is 1. The fourth-order valence-electron chi connectivity index (χ4n) is 2.94. The van der Waals surface area contributed by atoms with Gasteiger partial charge in [-0.2, -0.15) is 0 Å². The number of sulfone groups is 1. The standard InChI is InChI=1S/C17H20N2O5S/c1-23-14-6-4-3-5-12(14)13-11-18-9-10-19(13)17(20)15-7-8-16(24-15)25(2,21)22/h3-8,13,18H,9-11H2,1-2H3. The van der Waals surface area contributed by atoms with E-state index in [2.05, 4.69) is 5.32 Å². The third-order valence-corrected chi connectivity index (χ3v) is 5.11. The van der Waals surface area contributed by atoms with E-state index in [1.54, 1.807) is 12.0 Å². The van der Waals surface area contributed by atoms with Crippen molar-refractivity contribution in [3.8, 4) is 5.75 Å². The number of furan rings is 1. The van der Waals surface area contributed by atoms with Gasteiger partial charge in [-0.1, -0.05) is 18.2 Å². The molecule has 1 atom stereocenters. The first-order valence-electron chi connectivity index (χ1n) is 7.86. The van der Waals surface area contributed by atoms with Crippen molar-refractivity contribution >= 4 is 15.7 Å². The van der Waals surface area contributed by atoms with Crippen LogP contribution in [0.4, 0.5) is 0 Å². The highest BCUT2D eigenvalue weighted by molar-refractivity contribution is 7.90. The van der Waals surface area contributed by atoms with Gasteiger partial charge in [-0.05, 0) is 18.2 Å². The molecule has 2 heterocycles. The Morgan fingerprint density at radius 1 is 1.28 bits per heavy atom. The minimum atomic E-state index is -3.49. The second-order valence-electron chi connectivity index (χ2n) is 5.85. The van der Waals surface area contributed by atoms with Gasteiger partial charge < -0.3 is 19.4 Å². The molecule has 0 spiro atoms. The first-order valence-corrected chi connectivity index (χ1v) is 9.75. The maximum Gasteiger partial charge on any atom is 0.290 e. The molecule has 25 heavy (non-hydrogen) atoms.